The van der Waals surface area contributed by atoms with Crippen LogP contribution in [0.3, 0.4) is 0 Å². The molecule has 3 rings (SSSR count). The van der Waals surface area contributed by atoms with E-state index in [4.69, 9.17) is 13.9 Å². The van der Waals surface area contributed by atoms with Crippen LogP contribution in [-0.2, 0) is 20.3 Å². The number of furan rings is 1. The third kappa shape index (κ3) is 5.35. The van der Waals surface area contributed by atoms with E-state index in [1.54, 1.807) is 27.0 Å². The molecule has 0 aliphatic rings. The Bertz CT molecular complexity index is 1030. The fourth-order valence-corrected chi connectivity index (χ4v) is 4.35. The van der Waals surface area contributed by atoms with Crippen molar-refractivity contribution < 1.29 is 22.9 Å². The number of rotatable bonds is 9. The molecular weight excluding hydrogens is 414 g/mol. The molecule has 0 amide bonds. The van der Waals surface area contributed by atoms with Crippen LogP contribution in [-0.4, -0.2) is 23.9 Å². The van der Waals surface area contributed by atoms with E-state index in [9.17, 15) is 9.00 Å². The first-order chi connectivity index (χ1) is 14.9. The molecule has 2 aromatic carbocycles. The van der Waals surface area contributed by atoms with Crippen LogP contribution < -0.4 is 10.1 Å². The highest BCUT2D eigenvalue weighted by molar-refractivity contribution is 7.85. The van der Waals surface area contributed by atoms with Crippen LogP contribution in [0.1, 0.15) is 31.2 Å². The Morgan fingerprint density at radius 1 is 1.10 bits per heavy atom. The number of aryl methyl sites for hydroxylation is 1. The van der Waals surface area contributed by atoms with Gasteiger partial charge >= 0.3 is 5.97 Å². The van der Waals surface area contributed by atoms with Crippen molar-refractivity contribution in [1.29, 1.82) is 0 Å². The van der Waals surface area contributed by atoms with E-state index in [0.717, 1.165) is 17.0 Å². The summed E-state index contributed by atoms with van der Waals surface area (Å²) in [5, 5.41) is 3.34. The first kappa shape index (κ1) is 22.6. The van der Waals surface area contributed by atoms with Crippen LogP contribution in [0.4, 0.5) is 5.69 Å². The summed E-state index contributed by atoms with van der Waals surface area (Å²) >= 11 is 0. The van der Waals surface area contributed by atoms with Crippen molar-refractivity contribution in [3.63, 3.8) is 0 Å². The predicted octanol–water partition coefficient (Wildman–Crippen LogP) is 5.12. The largest absolute Gasteiger partial charge is 0.497 e. The molecule has 1 N–H and O–H groups in total. The standard InChI is InChI=1S/C24H27NO5S/c1-5-29-24(26)17(3)22(25-18-8-10-19(28-4)11-9-18)23-21(14-15-30-23)31(27)20-12-6-16(2)7-13-20/h6-15,17,22,25H,5H2,1-4H3/t17-,22-,31?/m1/s1. The lowest BCUT2D eigenvalue weighted by atomic mass is 9.99. The van der Waals surface area contributed by atoms with Crippen LogP contribution in [0, 0.1) is 12.8 Å². The molecule has 0 saturated carbocycles. The molecule has 0 saturated heterocycles. The van der Waals surface area contributed by atoms with Crippen LogP contribution in [0.25, 0.3) is 0 Å². The maximum atomic E-state index is 13.3. The number of carbonyl (C=O) groups is 1. The van der Waals surface area contributed by atoms with Crippen molar-refractivity contribution in [2.45, 2.75) is 36.6 Å². The molecule has 7 heteroatoms. The van der Waals surface area contributed by atoms with E-state index in [1.165, 1.54) is 6.26 Å². The monoisotopic (exact) mass is 441 g/mol. The van der Waals surface area contributed by atoms with E-state index in [-0.39, 0.29) is 12.6 Å². The highest BCUT2D eigenvalue weighted by Crippen LogP contribution is 2.34. The van der Waals surface area contributed by atoms with Gasteiger partial charge in [0.15, 0.2) is 0 Å². The topological polar surface area (TPSA) is 77.8 Å². The molecule has 0 aliphatic heterocycles. The number of anilines is 1. The molecular formula is C24H27NO5S. The van der Waals surface area contributed by atoms with Crippen LogP contribution in [0.2, 0.25) is 0 Å². The number of esters is 1. The second-order valence-corrected chi connectivity index (χ2v) is 8.57. The molecule has 0 aliphatic carbocycles. The number of benzene rings is 2. The second-order valence-electron chi connectivity index (χ2n) is 7.12. The Morgan fingerprint density at radius 3 is 2.39 bits per heavy atom. The first-order valence-electron chi connectivity index (χ1n) is 10.1. The summed E-state index contributed by atoms with van der Waals surface area (Å²) in [5.41, 5.74) is 1.86. The molecule has 1 heterocycles. The lowest BCUT2D eigenvalue weighted by molar-refractivity contribution is -0.148. The number of hydrogen-bond acceptors (Lipinski definition) is 6. The van der Waals surface area contributed by atoms with Gasteiger partial charge in [-0.25, -0.2) is 4.21 Å². The summed E-state index contributed by atoms with van der Waals surface area (Å²) in [4.78, 5) is 13.7. The van der Waals surface area contributed by atoms with Gasteiger partial charge in [0.1, 0.15) is 11.5 Å². The molecule has 6 nitrogen and oxygen atoms in total. The van der Waals surface area contributed by atoms with Crippen molar-refractivity contribution in [3.05, 3.63) is 72.2 Å². The third-order valence-corrected chi connectivity index (χ3v) is 6.38. The highest BCUT2D eigenvalue weighted by Gasteiger charge is 2.32. The highest BCUT2D eigenvalue weighted by atomic mass is 32.2. The molecule has 0 spiro atoms. The summed E-state index contributed by atoms with van der Waals surface area (Å²) in [5.74, 6) is 0.217. The summed E-state index contributed by atoms with van der Waals surface area (Å²) in [6, 6.07) is 16.0. The van der Waals surface area contributed by atoms with Crippen molar-refractivity contribution >= 4 is 22.5 Å². The Kier molecular flexibility index (Phi) is 7.52. The van der Waals surface area contributed by atoms with Crippen molar-refractivity contribution in [3.8, 4) is 5.75 Å². The van der Waals surface area contributed by atoms with Crippen LogP contribution >= 0.6 is 0 Å². The zero-order valence-corrected chi connectivity index (χ0v) is 18.9. The fourth-order valence-electron chi connectivity index (χ4n) is 3.17. The van der Waals surface area contributed by atoms with Gasteiger partial charge in [-0.3, -0.25) is 4.79 Å². The normalized spacial score (nSPS) is 13.8. The van der Waals surface area contributed by atoms with Gasteiger partial charge in [-0.1, -0.05) is 17.7 Å². The Balaban J connectivity index is 1.97. The van der Waals surface area contributed by atoms with Crippen LogP contribution in [0.5, 0.6) is 5.75 Å². The maximum Gasteiger partial charge on any atom is 0.311 e. The Labute approximate surface area is 185 Å². The summed E-state index contributed by atoms with van der Waals surface area (Å²) < 4.78 is 29.5. The van der Waals surface area contributed by atoms with Gasteiger partial charge in [0.25, 0.3) is 0 Å². The number of nitrogens with one attached hydrogen (secondary N) is 1. The minimum atomic E-state index is -1.46. The molecule has 3 atom stereocenters. The predicted molar refractivity (Wildman–Crippen MR) is 120 cm³/mol. The molecule has 0 radical (unpaired) electrons. The van der Waals surface area contributed by atoms with Crippen LogP contribution in [0.15, 0.2) is 75.1 Å². The lowest BCUT2D eigenvalue weighted by Crippen LogP contribution is -2.27. The number of ether oxygens (including phenoxy) is 2. The molecule has 3 aromatic rings. The zero-order valence-electron chi connectivity index (χ0n) is 18.1. The van der Waals surface area contributed by atoms with Crippen molar-refractivity contribution in [2.24, 2.45) is 5.92 Å². The first-order valence-corrected chi connectivity index (χ1v) is 11.2. The quantitative estimate of drug-likeness (QED) is 0.465. The van der Waals surface area contributed by atoms with Crippen molar-refractivity contribution in [2.75, 3.05) is 19.0 Å². The van der Waals surface area contributed by atoms with Gasteiger partial charge in [0, 0.05) is 10.6 Å². The summed E-state index contributed by atoms with van der Waals surface area (Å²) in [6.45, 7) is 5.78. The third-order valence-electron chi connectivity index (χ3n) is 4.95. The van der Waals surface area contributed by atoms with E-state index in [2.05, 4.69) is 5.32 Å². The Hall–Kier alpha value is -3.06. The van der Waals surface area contributed by atoms with Gasteiger partial charge in [0.2, 0.25) is 0 Å². The van der Waals surface area contributed by atoms with E-state index >= 15 is 0 Å². The van der Waals surface area contributed by atoms with Gasteiger partial charge in [-0.05, 0) is 63.2 Å². The number of methoxy groups -OCH3 is 1. The van der Waals surface area contributed by atoms with Gasteiger partial charge in [-0.2, -0.15) is 0 Å². The average Bonchev–Trinajstić information content (AvgIpc) is 3.27. The molecule has 1 aromatic heterocycles. The minimum absolute atomic E-state index is 0.277. The fraction of sp³-hybridized carbons (Fsp3) is 0.292. The van der Waals surface area contributed by atoms with Gasteiger partial charge in [0.05, 0.1) is 47.6 Å². The molecule has 0 bridgehead atoms. The summed E-state index contributed by atoms with van der Waals surface area (Å²) in [6.07, 6.45) is 1.50. The van der Waals surface area contributed by atoms with E-state index < -0.39 is 22.8 Å². The molecule has 164 valence electrons. The molecule has 1 unspecified atom stereocenters. The zero-order chi connectivity index (χ0) is 22.4. The minimum Gasteiger partial charge on any atom is -0.497 e. The Morgan fingerprint density at radius 2 is 1.77 bits per heavy atom. The molecule has 0 fully saturated rings. The smallest absolute Gasteiger partial charge is 0.311 e. The van der Waals surface area contributed by atoms with Gasteiger partial charge in [-0.15, -0.1) is 0 Å². The average molecular weight is 442 g/mol. The number of hydrogen-bond donors (Lipinski definition) is 1. The van der Waals surface area contributed by atoms with E-state index in [1.807, 2.05) is 55.5 Å². The SMILES string of the molecule is CCOC(=O)[C@H](C)[C@@H](Nc1ccc(OC)cc1)c1occc1S(=O)c1ccc(C)cc1. The molecule has 31 heavy (non-hydrogen) atoms. The number of carbonyl (C=O) groups excluding carboxylic acids is 1. The maximum absolute atomic E-state index is 13.3. The summed E-state index contributed by atoms with van der Waals surface area (Å²) in [7, 11) is 0.142. The lowest BCUT2D eigenvalue weighted by Gasteiger charge is -2.24. The van der Waals surface area contributed by atoms with Gasteiger partial charge < -0.3 is 19.2 Å². The van der Waals surface area contributed by atoms with Crippen molar-refractivity contribution in [1.82, 2.24) is 0 Å². The van der Waals surface area contributed by atoms with E-state index in [0.29, 0.717) is 15.6 Å². The second kappa shape index (κ2) is 10.3.